The van der Waals surface area contributed by atoms with Gasteiger partial charge in [0.25, 0.3) is 0 Å². The van der Waals surface area contributed by atoms with Gasteiger partial charge in [0.05, 0.1) is 0 Å². The van der Waals surface area contributed by atoms with E-state index < -0.39 is 0 Å². The van der Waals surface area contributed by atoms with Gasteiger partial charge in [-0.25, -0.2) is 5.57 Å². The molecule has 0 saturated heterocycles. The van der Waals surface area contributed by atoms with Crippen molar-refractivity contribution in [1.82, 2.24) is 0 Å². The topological polar surface area (TPSA) is 0 Å². The molecule has 1 atom stereocenters. The molecule has 0 spiro atoms. The first-order valence-electron chi connectivity index (χ1n) is 17.3. The normalized spacial score (nSPS) is 14.9. The van der Waals surface area contributed by atoms with Crippen LogP contribution in [0.4, 0.5) is 0 Å². The molecule has 0 heterocycles. The summed E-state index contributed by atoms with van der Waals surface area (Å²) in [5.41, 5.74) is 9.48. The minimum Gasteiger partial charge on any atom is -1.00 e. The second kappa shape index (κ2) is 17.5. The van der Waals surface area contributed by atoms with E-state index in [0.717, 1.165) is 6.42 Å². The SMILES string of the molecule is CC(C)(C)c1ccc([CH]=[Zr+2])cc1.CC(C)(C)c1ccc2c(c1)[cH-]c1cc(C(C)(C)C)ccc12.CCC1=[C-]C(CC)C=C1C(C)(C)C.[Cl-].[Cl-]. The fourth-order valence-corrected chi connectivity index (χ4v) is 6.37. The molecule has 0 nitrogen and oxygen atoms in total. The molecule has 5 rings (SSSR count). The van der Waals surface area contributed by atoms with E-state index in [0.29, 0.717) is 11.3 Å². The molecule has 3 heteroatoms. The van der Waals surface area contributed by atoms with Crippen LogP contribution < -0.4 is 24.8 Å². The van der Waals surface area contributed by atoms with E-state index in [1.54, 1.807) is 0 Å². The Kier molecular flexibility index (Phi) is 16.2. The number of fused-ring (bicyclic) bond motifs is 3. The Morgan fingerprint density at radius 2 is 1.04 bits per heavy atom. The van der Waals surface area contributed by atoms with E-state index in [1.165, 1.54) is 85.6 Å². The van der Waals surface area contributed by atoms with Crippen LogP contribution >= 0.6 is 0 Å². The van der Waals surface area contributed by atoms with Gasteiger partial charge in [0, 0.05) is 0 Å². The maximum atomic E-state index is 3.57. The van der Waals surface area contributed by atoms with Gasteiger partial charge in [0.1, 0.15) is 0 Å². The molecular formula is C45H60Cl2Zr-2. The third kappa shape index (κ3) is 11.7. The minimum absolute atomic E-state index is 0. The minimum atomic E-state index is 0. The molecule has 0 bridgehead atoms. The third-order valence-electron chi connectivity index (χ3n) is 9.03. The van der Waals surface area contributed by atoms with Crippen molar-refractivity contribution < 1.29 is 49.0 Å². The fraction of sp³-hybridized carbons (Fsp3) is 0.467. The molecule has 0 saturated carbocycles. The first kappa shape index (κ1) is 44.4. The summed E-state index contributed by atoms with van der Waals surface area (Å²) in [5.74, 6) is 0.573. The van der Waals surface area contributed by atoms with Gasteiger partial charge < -0.3 is 24.8 Å². The monoisotopic (exact) mass is 760 g/mol. The van der Waals surface area contributed by atoms with Crippen LogP contribution in [0, 0.1) is 17.4 Å². The van der Waals surface area contributed by atoms with E-state index in [-0.39, 0.29) is 41.1 Å². The van der Waals surface area contributed by atoms with Crippen molar-refractivity contribution in [1.29, 1.82) is 0 Å². The van der Waals surface area contributed by atoms with Gasteiger partial charge in [-0.05, 0) is 10.8 Å². The van der Waals surface area contributed by atoms with Crippen molar-refractivity contribution in [3.05, 3.63) is 112 Å². The second-order valence-electron chi connectivity index (χ2n) is 17.1. The zero-order valence-corrected chi connectivity index (χ0v) is 36.2. The Hall–Kier alpha value is -1.66. The van der Waals surface area contributed by atoms with Gasteiger partial charge >= 0.3 is 89.5 Å². The molecule has 0 amide bonds. The Balaban J connectivity index is 0.000000374. The molecule has 0 N–H and O–H groups in total. The summed E-state index contributed by atoms with van der Waals surface area (Å²) in [7, 11) is 0. The number of allylic oxidation sites excluding steroid dienone is 4. The standard InChI is InChI=1S/C21H25.C13H21.C11H14.2ClH.Zr/c1-20(2,3)16-7-9-18-14(12-16)11-15-13-17(21(4,5)6)8-10-19(15)18;1-6-10-8-11(7-2)12(9-10)13(3,4)5;1-9-5-7-10(8-6-9)11(2,3)4;;;/h7-13H,1-6H3;9-10H,6-7H2,1-5H3;1,5-8H,2-4H3;2*1H;/q2*-1;;;;+2/p-2. The van der Waals surface area contributed by atoms with E-state index >= 15 is 0 Å². The molecular weight excluding hydrogens is 703 g/mol. The molecule has 4 aromatic rings. The van der Waals surface area contributed by atoms with Crippen molar-refractivity contribution in [3.8, 4) is 0 Å². The number of halogens is 2. The van der Waals surface area contributed by atoms with Crippen molar-refractivity contribution in [2.75, 3.05) is 0 Å². The second-order valence-corrected chi connectivity index (χ2v) is 17.8. The van der Waals surface area contributed by atoms with Crippen LogP contribution in [0.3, 0.4) is 0 Å². The van der Waals surface area contributed by atoms with E-state index in [4.69, 9.17) is 0 Å². The predicted molar refractivity (Wildman–Crippen MR) is 203 cm³/mol. The molecule has 0 fully saturated rings. The molecule has 0 aromatic heterocycles. The first-order valence-corrected chi connectivity index (χ1v) is 18.7. The van der Waals surface area contributed by atoms with Crippen LogP contribution in [0.25, 0.3) is 21.5 Å². The van der Waals surface area contributed by atoms with Gasteiger partial charge in [0.2, 0.25) is 0 Å². The number of benzene rings is 3. The van der Waals surface area contributed by atoms with Crippen LogP contribution in [0.15, 0.2) is 84.0 Å². The summed E-state index contributed by atoms with van der Waals surface area (Å²) in [6.45, 7) is 31.7. The molecule has 48 heavy (non-hydrogen) atoms. The summed E-state index contributed by atoms with van der Waals surface area (Å²) >= 11 is 1.46. The Morgan fingerprint density at radius 3 is 1.35 bits per heavy atom. The number of hydrogen-bond acceptors (Lipinski definition) is 0. The van der Waals surface area contributed by atoms with Crippen LogP contribution in [0.2, 0.25) is 0 Å². The third-order valence-corrected chi connectivity index (χ3v) is 9.85. The zero-order chi connectivity index (χ0) is 34.7. The molecule has 0 aliphatic heterocycles. The predicted octanol–water partition coefficient (Wildman–Crippen LogP) is 7.13. The molecule has 1 unspecified atom stereocenters. The molecule has 4 aromatic carbocycles. The zero-order valence-electron chi connectivity index (χ0n) is 32.3. The average molecular weight is 763 g/mol. The van der Waals surface area contributed by atoms with Crippen molar-refractivity contribution in [2.24, 2.45) is 11.3 Å². The smallest absolute Gasteiger partial charge is 0.0202 e. The van der Waals surface area contributed by atoms with Gasteiger partial charge in [-0.1, -0.05) is 136 Å². The summed E-state index contributed by atoms with van der Waals surface area (Å²) in [6, 6.07) is 25.0. The van der Waals surface area contributed by atoms with Crippen LogP contribution in [-0.4, -0.2) is 3.71 Å². The molecule has 1 aliphatic rings. The van der Waals surface area contributed by atoms with Crippen LogP contribution in [-0.2, 0) is 40.5 Å². The molecule has 0 radical (unpaired) electrons. The van der Waals surface area contributed by atoms with Crippen molar-refractivity contribution in [2.45, 2.75) is 126 Å². The number of hydrogen-bond donors (Lipinski definition) is 0. The van der Waals surface area contributed by atoms with Crippen LogP contribution in [0.5, 0.6) is 0 Å². The molecule has 260 valence electrons. The van der Waals surface area contributed by atoms with Gasteiger partial charge in [-0.15, -0.1) is 39.7 Å². The first-order chi connectivity index (χ1) is 21.2. The largest absolute Gasteiger partial charge is 1.00 e. The average Bonchev–Trinajstić information content (AvgIpc) is 3.57. The maximum absolute atomic E-state index is 3.57. The summed E-state index contributed by atoms with van der Waals surface area (Å²) in [4.78, 5) is 0. The summed E-state index contributed by atoms with van der Waals surface area (Å²) in [6.07, 6.45) is 8.28. The van der Waals surface area contributed by atoms with Gasteiger partial charge in [-0.2, -0.15) is 11.6 Å². The van der Waals surface area contributed by atoms with Crippen LogP contribution in [0.1, 0.15) is 132 Å². The maximum Gasteiger partial charge on any atom is -0.0202 e. The summed E-state index contributed by atoms with van der Waals surface area (Å²) < 4.78 is 2.21. The van der Waals surface area contributed by atoms with Gasteiger partial charge in [0.15, 0.2) is 0 Å². The number of rotatable bonds is 3. The van der Waals surface area contributed by atoms with Gasteiger partial charge in [-0.3, -0.25) is 6.08 Å². The van der Waals surface area contributed by atoms with Crippen molar-refractivity contribution in [3.63, 3.8) is 0 Å². The van der Waals surface area contributed by atoms with E-state index in [2.05, 4.69) is 180 Å². The quantitative estimate of drug-likeness (QED) is 0.195. The Morgan fingerprint density at radius 1 is 0.625 bits per heavy atom. The van der Waals surface area contributed by atoms with E-state index in [9.17, 15) is 0 Å². The van der Waals surface area contributed by atoms with E-state index in [1.807, 2.05) is 0 Å². The Bertz CT molecular complexity index is 1620. The Labute approximate surface area is 321 Å². The summed E-state index contributed by atoms with van der Waals surface area (Å²) in [5, 5.41) is 5.48. The molecule has 1 aliphatic carbocycles. The fourth-order valence-electron chi connectivity index (χ4n) is 5.89. The van der Waals surface area contributed by atoms with Crippen molar-refractivity contribution >= 4 is 25.3 Å².